The molecule has 0 aliphatic heterocycles. The number of nitrogens with one attached hydrogen (secondary N) is 1. The summed E-state index contributed by atoms with van der Waals surface area (Å²) in [5.74, 6) is 1.79. The molecule has 7 heteroatoms. The predicted molar refractivity (Wildman–Crippen MR) is 77.2 cm³/mol. The van der Waals surface area contributed by atoms with Crippen LogP contribution in [0.2, 0.25) is 0 Å². The molecule has 2 heterocycles. The van der Waals surface area contributed by atoms with Gasteiger partial charge in [-0.2, -0.15) is 20.1 Å². The molecule has 2 aromatic rings. The maximum atomic E-state index is 4.53. The van der Waals surface area contributed by atoms with E-state index in [9.17, 15) is 0 Å². The highest BCUT2D eigenvalue weighted by Crippen LogP contribution is 2.25. The Hall–Kier alpha value is -2.18. The molecule has 1 fully saturated rings. The highest BCUT2D eigenvalue weighted by molar-refractivity contribution is 5.40. The van der Waals surface area contributed by atoms with Gasteiger partial charge < -0.3 is 10.2 Å². The molecule has 7 nitrogen and oxygen atoms in total. The molecule has 0 aromatic carbocycles. The van der Waals surface area contributed by atoms with Gasteiger partial charge in [-0.25, -0.2) is 4.68 Å². The van der Waals surface area contributed by atoms with E-state index < -0.39 is 0 Å². The van der Waals surface area contributed by atoms with Crippen LogP contribution in [0.5, 0.6) is 0 Å². The molecule has 0 saturated heterocycles. The van der Waals surface area contributed by atoms with Gasteiger partial charge in [0.2, 0.25) is 11.9 Å². The summed E-state index contributed by atoms with van der Waals surface area (Å²) in [7, 11) is 3.86. The van der Waals surface area contributed by atoms with Gasteiger partial charge in [-0.1, -0.05) is 12.8 Å². The summed E-state index contributed by atoms with van der Waals surface area (Å²) in [4.78, 5) is 15.5. The van der Waals surface area contributed by atoms with Crippen molar-refractivity contribution in [1.29, 1.82) is 0 Å². The molecule has 1 N–H and O–H groups in total. The van der Waals surface area contributed by atoms with E-state index in [1.165, 1.54) is 25.7 Å². The fourth-order valence-electron chi connectivity index (χ4n) is 2.57. The first-order valence-corrected chi connectivity index (χ1v) is 6.94. The zero-order valence-corrected chi connectivity index (χ0v) is 11.8. The Balaban J connectivity index is 1.95. The Morgan fingerprint density at radius 3 is 2.70 bits per heavy atom. The zero-order valence-electron chi connectivity index (χ0n) is 11.8. The summed E-state index contributed by atoms with van der Waals surface area (Å²) in [6, 6.07) is 2.37. The molecule has 3 rings (SSSR count). The van der Waals surface area contributed by atoms with Crippen molar-refractivity contribution in [2.45, 2.75) is 31.7 Å². The van der Waals surface area contributed by atoms with Crippen LogP contribution in [-0.4, -0.2) is 44.9 Å². The van der Waals surface area contributed by atoms with Gasteiger partial charge in [0.1, 0.15) is 0 Å². The standard InChI is InChI=1S/C13H19N7/c1-14-11-16-12(19(2)10-6-3-4-7-10)18-13(17-11)20-9-5-8-15-20/h5,8-10H,3-4,6-7H2,1-2H3,(H,14,16,17,18). The average molecular weight is 273 g/mol. The van der Waals surface area contributed by atoms with Crippen LogP contribution in [0.1, 0.15) is 25.7 Å². The molecule has 1 aliphatic rings. The number of aromatic nitrogens is 5. The van der Waals surface area contributed by atoms with Gasteiger partial charge in [-0.15, -0.1) is 0 Å². The predicted octanol–water partition coefficient (Wildman–Crippen LogP) is 1.48. The van der Waals surface area contributed by atoms with Gasteiger partial charge in [0, 0.05) is 32.5 Å². The first kappa shape index (κ1) is 12.8. The fraction of sp³-hybridized carbons (Fsp3) is 0.538. The van der Waals surface area contributed by atoms with E-state index in [0.717, 1.165) is 0 Å². The Morgan fingerprint density at radius 2 is 2.05 bits per heavy atom. The molecular weight excluding hydrogens is 254 g/mol. The van der Waals surface area contributed by atoms with Crippen molar-refractivity contribution in [2.75, 3.05) is 24.3 Å². The summed E-state index contributed by atoms with van der Waals surface area (Å²) >= 11 is 0. The highest BCUT2D eigenvalue weighted by Gasteiger charge is 2.22. The molecule has 0 radical (unpaired) electrons. The minimum absolute atomic E-state index is 0.521. The first-order valence-electron chi connectivity index (χ1n) is 6.94. The van der Waals surface area contributed by atoms with Crippen molar-refractivity contribution in [2.24, 2.45) is 0 Å². The Kier molecular flexibility index (Phi) is 3.49. The third-order valence-electron chi connectivity index (χ3n) is 3.73. The maximum absolute atomic E-state index is 4.53. The Bertz CT molecular complexity index is 560. The van der Waals surface area contributed by atoms with Crippen LogP contribution in [0.4, 0.5) is 11.9 Å². The molecule has 1 aliphatic carbocycles. The first-order chi connectivity index (χ1) is 9.78. The monoisotopic (exact) mass is 273 g/mol. The summed E-state index contributed by atoms with van der Waals surface area (Å²) in [6.45, 7) is 0. The molecule has 106 valence electrons. The number of hydrogen-bond donors (Lipinski definition) is 1. The van der Waals surface area contributed by atoms with Crippen LogP contribution in [0.25, 0.3) is 5.95 Å². The second-order valence-corrected chi connectivity index (χ2v) is 5.01. The number of hydrogen-bond acceptors (Lipinski definition) is 6. The molecule has 1 saturated carbocycles. The molecule has 0 bridgehead atoms. The van der Waals surface area contributed by atoms with E-state index in [-0.39, 0.29) is 0 Å². The van der Waals surface area contributed by atoms with Gasteiger partial charge in [-0.05, 0) is 18.9 Å². The molecule has 0 spiro atoms. The quantitative estimate of drug-likeness (QED) is 0.909. The van der Waals surface area contributed by atoms with Crippen LogP contribution >= 0.6 is 0 Å². The topological polar surface area (TPSA) is 71.8 Å². The van der Waals surface area contributed by atoms with Crippen LogP contribution < -0.4 is 10.2 Å². The second-order valence-electron chi connectivity index (χ2n) is 5.01. The zero-order chi connectivity index (χ0) is 13.9. The fourth-order valence-corrected chi connectivity index (χ4v) is 2.57. The third-order valence-corrected chi connectivity index (χ3v) is 3.73. The smallest absolute Gasteiger partial charge is 0.257 e. The Morgan fingerprint density at radius 1 is 1.25 bits per heavy atom. The van der Waals surface area contributed by atoms with Gasteiger partial charge in [-0.3, -0.25) is 0 Å². The molecule has 0 amide bonds. The molecule has 0 unspecified atom stereocenters. The van der Waals surface area contributed by atoms with E-state index in [1.807, 2.05) is 19.3 Å². The minimum atomic E-state index is 0.521. The molecule has 2 aromatic heterocycles. The molecule has 20 heavy (non-hydrogen) atoms. The summed E-state index contributed by atoms with van der Waals surface area (Å²) < 4.78 is 1.65. The van der Waals surface area contributed by atoms with E-state index in [2.05, 4.69) is 37.3 Å². The maximum Gasteiger partial charge on any atom is 0.257 e. The number of nitrogens with zero attached hydrogens (tertiary/aromatic N) is 6. The van der Waals surface area contributed by atoms with Crippen molar-refractivity contribution in [1.82, 2.24) is 24.7 Å². The SMILES string of the molecule is CNc1nc(N(C)C2CCCC2)nc(-n2cccn2)n1. The lowest BCUT2D eigenvalue weighted by atomic mass is 10.2. The van der Waals surface area contributed by atoms with Gasteiger partial charge in [0.25, 0.3) is 5.95 Å². The van der Waals surface area contributed by atoms with E-state index in [0.29, 0.717) is 23.9 Å². The van der Waals surface area contributed by atoms with Crippen molar-refractivity contribution >= 4 is 11.9 Å². The lowest BCUT2D eigenvalue weighted by molar-refractivity contribution is 0.633. The van der Waals surface area contributed by atoms with Crippen molar-refractivity contribution in [3.63, 3.8) is 0 Å². The van der Waals surface area contributed by atoms with Crippen molar-refractivity contribution in [3.8, 4) is 5.95 Å². The molecule has 0 atom stereocenters. The van der Waals surface area contributed by atoms with Gasteiger partial charge >= 0.3 is 0 Å². The average Bonchev–Trinajstić information content (AvgIpc) is 3.18. The third kappa shape index (κ3) is 2.43. The summed E-state index contributed by atoms with van der Waals surface area (Å²) in [5.41, 5.74) is 0. The van der Waals surface area contributed by atoms with E-state index in [1.54, 1.807) is 10.9 Å². The second kappa shape index (κ2) is 5.44. The van der Waals surface area contributed by atoms with Crippen LogP contribution in [-0.2, 0) is 0 Å². The van der Waals surface area contributed by atoms with Gasteiger partial charge in [0.05, 0.1) is 0 Å². The Labute approximate surface area is 118 Å². The minimum Gasteiger partial charge on any atom is -0.357 e. The largest absolute Gasteiger partial charge is 0.357 e. The van der Waals surface area contributed by atoms with Crippen LogP contribution in [0.3, 0.4) is 0 Å². The van der Waals surface area contributed by atoms with E-state index in [4.69, 9.17) is 0 Å². The lowest BCUT2D eigenvalue weighted by Gasteiger charge is -2.24. The van der Waals surface area contributed by atoms with Crippen LogP contribution in [0, 0.1) is 0 Å². The van der Waals surface area contributed by atoms with E-state index >= 15 is 0 Å². The summed E-state index contributed by atoms with van der Waals surface area (Å²) in [6.07, 6.45) is 8.51. The van der Waals surface area contributed by atoms with Gasteiger partial charge in [0.15, 0.2) is 0 Å². The number of anilines is 2. The van der Waals surface area contributed by atoms with Crippen LogP contribution in [0.15, 0.2) is 18.5 Å². The normalized spacial score (nSPS) is 15.5. The molecular formula is C13H19N7. The highest BCUT2D eigenvalue weighted by atomic mass is 15.4. The summed E-state index contributed by atoms with van der Waals surface area (Å²) in [5, 5.41) is 7.16. The van der Waals surface area contributed by atoms with Crippen molar-refractivity contribution in [3.05, 3.63) is 18.5 Å². The lowest BCUT2D eigenvalue weighted by Crippen LogP contribution is -2.31. The van der Waals surface area contributed by atoms with Crippen molar-refractivity contribution < 1.29 is 0 Å². The number of rotatable bonds is 4.